The molecular weight excluding hydrogens is 250 g/mol. The van der Waals surface area contributed by atoms with E-state index in [0.717, 1.165) is 51.3 Å². The number of benzene rings is 1. The molecule has 1 aliphatic rings. The van der Waals surface area contributed by atoms with Crippen LogP contribution in [0.25, 0.3) is 0 Å². The van der Waals surface area contributed by atoms with Crippen molar-refractivity contribution >= 4 is 0 Å². The maximum absolute atomic E-state index is 10.0. The van der Waals surface area contributed by atoms with Gasteiger partial charge in [-0.05, 0) is 44.6 Å². The van der Waals surface area contributed by atoms with Crippen LogP contribution in [0.4, 0.5) is 0 Å². The van der Waals surface area contributed by atoms with Crippen LogP contribution in [-0.2, 0) is 13.0 Å². The Morgan fingerprint density at radius 1 is 1.25 bits per heavy atom. The second-order valence-electron chi connectivity index (χ2n) is 5.93. The number of aromatic hydroxyl groups is 1. The van der Waals surface area contributed by atoms with Crippen LogP contribution in [0.3, 0.4) is 0 Å². The molecule has 1 aliphatic heterocycles. The van der Waals surface area contributed by atoms with Gasteiger partial charge in [-0.2, -0.15) is 0 Å². The molecule has 4 heteroatoms. The molecule has 2 rings (SSSR count). The molecule has 0 bridgehead atoms. The molecule has 1 aromatic carbocycles. The number of phenols is 1. The van der Waals surface area contributed by atoms with Crippen LogP contribution in [0.15, 0.2) is 12.1 Å². The van der Waals surface area contributed by atoms with Gasteiger partial charge in [-0.3, -0.25) is 0 Å². The Labute approximate surface area is 122 Å². The normalized spacial score (nSPS) is 16.8. The minimum absolute atomic E-state index is 0.419. The Morgan fingerprint density at radius 3 is 2.60 bits per heavy atom. The third-order valence-corrected chi connectivity index (χ3v) is 4.07. The zero-order valence-corrected chi connectivity index (χ0v) is 12.9. The van der Waals surface area contributed by atoms with Crippen LogP contribution in [0.1, 0.15) is 16.7 Å². The first-order valence-corrected chi connectivity index (χ1v) is 7.46. The molecule has 4 nitrogen and oxygen atoms in total. The lowest BCUT2D eigenvalue weighted by Gasteiger charge is -2.27. The summed E-state index contributed by atoms with van der Waals surface area (Å²) in [5, 5.41) is 13.4. The van der Waals surface area contributed by atoms with Gasteiger partial charge in [0.05, 0.1) is 0 Å². The molecule has 1 aromatic rings. The minimum Gasteiger partial charge on any atom is -0.508 e. The van der Waals surface area contributed by atoms with Gasteiger partial charge in [0, 0.05) is 44.8 Å². The van der Waals surface area contributed by atoms with Crippen LogP contribution < -0.4 is 5.32 Å². The Morgan fingerprint density at radius 2 is 1.95 bits per heavy atom. The number of hydrogen-bond donors (Lipinski definition) is 2. The monoisotopic (exact) mass is 277 g/mol. The molecule has 0 aliphatic carbocycles. The molecule has 0 spiro atoms. The summed E-state index contributed by atoms with van der Waals surface area (Å²) in [5.74, 6) is 0.419. The third-order valence-electron chi connectivity index (χ3n) is 4.07. The largest absolute Gasteiger partial charge is 0.508 e. The Hall–Kier alpha value is -1.10. The second-order valence-corrected chi connectivity index (χ2v) is 5.93. The fraction of sp³-hybridized carbons (Fsp3) is 0.625. The first kappa shape index (κ1) is 15.3. The number of piperazine rings is 1. The SMILES string of the molecule is Cc1c(CCN2CCNCC2)ccc(O)c1CN(C)C. The van der Waals surface area contributed by atoms with Gasteiger partial charge in [0.2, 0.25) is 0 Å². The van der Waals surface area contributed by atoms with E-state index < -0.39 is 0 Å². The molecule has 0 saturated carbocycles. The van der Waals surface area contributed by atoms with Gasteiger partial charge >= 0.3 is 0 Å². The summed E-state index contributed by atoms with van der Waals surface area (Å²) < 4.78 is 0. The minimum atomic E-state index is 0.419. The highest BCUT2D eigenvalue weighted by atomic mass is 16.3. The molecule has 2 N–H and O–H groups in total. The molecule has 0 atom stereocenters. The Kier molecular flexibility index (Phi) is 5.40. The summed E-state index contributed by atoms with van der Waals surface area (Å²) in [4.78, 5) is 4.61. The molecule has 0 aromatic heterocycles. The number of rotatable bonds is 5. The van der Waals surface area contributed by atoms with Crippen molar-refractivity contribution < 1.29 is 5.11 Å². The van der Waals surface area contributed by atoms with Crippen LogP contribution in [0, 0.1) is 6.92 Å². The van der Waals surface area contributed by atoms with Gasteiger partial charge < -0.3 is 20.2 Å². The predicted molar refractivity (Wildman–Crippen MR) is 83.2 cm³/mol. The molecule has 1 heterocycles. The first-order valence-electron chi connectivity index (χ1n) is 7.46. The summed E-state index contributed by atoms with van der Waals surface area (Å²) in [7, 11) is 4.07. The molecule has 0 amide bonds. The average molecular weight is 277 g/mol. The number of phenolic OH excluding ortho intramolecular Hbond substituents is 1. The summed E-state index contributed by atoms with van der Waals surface area (Å²) in [6, 6.07) is 3.92. The van der Waals surface area contributed by atoms with E-state index in [1.807, 2.05) is 20.2 Å². The van der Waals surface area contributed by atoms with Crippen molar-refractivity contribution in [2.75, 3.05) is 46.8 Å². The summed E-state index contributed by atoms with van der Waals surface area (Å²) in [5.41, 5.74) is 3.67. The van der Waals surface area contributed by atoms with E-state index in [-0.39, 0.29) is 0 Å². The zero-order chi connectivity index (χ0) is 14.5. The summed E-state index contributed by atoms with van der Waals surface area (Å²) in [6.07, 6.45) is 1.06. The number of hydrogen-bond acceptors (Lipinski definition) is 4. The fourth-order valence-corrected chi connectivity index (χ4v) is 2.79. The van der Waals surface area contributed by atoms with Crippen LogP contribution in [0.5, 0.6) is 5.75 Å². The second kappa shape index (κ2) is 7.07. The van der Waals surface area contributed by atoms with Crippen molar-refractivity contribution in [3.8, 4) is 5.75 Å². The van der Waals surface area contributed by atoms with E-state index >= 15 is 0 Å². The third kappa shape index (κ3) is 3.95. The van der Waals surface area contributed by atoms with Gasteiger partial charge in [0.25, 0.3) is 0 Å². The smallest absolute Gasteiger partial charge is 0.120 e. The van der Waals surface area contributed by atoms with Crippen LogP contribution >= 0.6 is 0 Å². The van der Waals surface area contributed by atoms with E-state index in [1.165, 1.54) is 11.1 Å². The van der Waals surface area contributed by atoms with Gasteiger partial charge in [-0.15, -0.1) is 0 Å². The molecule has 0 unspecified atom stereocenters. The summed E-state index contributed by atoms with van der Waals surface area (Å²) >= 11 is 0. The van der Waals surface area contributed by atoms with E-state index in [2.05, 4.69) is 28.1 Å². The van der Waals surface area contributed by atoms with Crippen LogP contribution in [-0.4, -0.2) is 61.7 Å². The van der Waals surface area contributed by atoms with Gasteiger partial charge in [-0.25, -0.2) is 0 Å². The molecular formula is C16H27N3O. The van der Waals surface area contributed by atoms with Crippen LogP contribution in [0.2, 0.25) is 0 Å². The number of nitrogens with zero attached hydrogens (tertiary/aromatic N) is 2. The molecule has 1 fully saturated rings. The molecule has 1 saturated heterocycles. The van der Waals surface area contributed by atoms with Crippen molar-refractivity contribution in [1.82, 2.24) is 15.1 Å². The zero-order valence-electron chi connectivity index (χ0n) is 12.9. The molecule has 112 valence electrons. The van der Waals surface area contributed by atoms with Gasteiger partial charge in [0.15, 0.2) is 0 Å². The van der Waals surface area contributed by atoms with Crippen molar-refractivity contribution in [2.24, 2.45) is 0 Å². The average Bonchev–Trinajstić information content (AvgIpc) is 2.43. The Bertz CT molecular complexity index is 440. The van der Waals surface area contributed by atoms with E-state index in [0.29, 0.717) is 5.75 Å². The highest BCUT2D eigenvalue weighted by Gasteiger charge is 2.13. The van der Waals surface area contributed by atoms with E-state index in [4.69, 9.17) is 0 Å². The van der Waals surface area contributed by atoms with E-state index in [9.17, 15) is 5.11 Å². The summed E-state index contributed by atoms with van der Waals surface area (Å²) in [6.45, 7) is 8.50. The molecule has 20 heavy (non-hydrogen) atoms. The predicted octanol–water partition coefficient (Wildman–Crippen LogP) is 1.21. The molecule has 0 radical (unpaired) electrons. The fourth-order valence-electron chi connectivity index (χ4n) is 2.79. The highest BCUT2D eigenvalue weighted by molar-refractivity contribution is 5.43. The lowest BCUT2D eigenvalue weighted by atomic mass is 9.98. The van der Waals surface area contributed by atoms with Crippen molar-refractivity contribution in [2.45, 2.75) is 19.9 Å². The lowest BCUT2D eigenvalue weighted by molar-refractivity contribution is 0.243. The van der Waals surface area contributed by atoms with Crippen molar-refractivity contribution in [3.63, 3.8) is 0 Å². The van der Waals surface area contributed by atoms with Gasteiger partial charge in [0.1, 0.15) is 5.75 Å². The number of nitrogens with one attached hydrogen (secondary N) is 1. The van der Waals surface area contributed by atoms with Crippen molar-refractivity contribution in [3.05, 3.63) is 28.8 Å². The van der Waals surface area contributed by atoms with Gasteiger partial charge in [-0.1, -0.05) is 6.07 Å². The standard InChI is InChI=1S/C16H27N3O/c1-13-14(6-9-19-10-7-17-8-11-19)4-5-16(20)15(13)12-18(2)3/h4-5,17,20H,6-12H2,1-3H3. The lowest BCUT2D eigenvalue weighted by Crippen LogP contribution is -2.44. The highest BCUT2D eigenvalue weighted by Crippen LogP contribution is 2.25. The topological polar surface area (TPSA) is 38.7 Å². The maximum atomic E-state index is 10.0. The Balaban J connectivity index is 2.03. The maximum Gasteiger partial charge on any atom is 0.120 e. The first-order chi connectivity index (χ1) is 9.58. The quantitative estimate of drug-likeness (QED) is 0.848. The van der Waals surface area contributed by atoms with Crippen molar-refractivity contribution in [1.29, 1.82) is 0 Å². The van der Waals surface area contributed by atoms with E-state index in [1.54, 1.807) is 0 Å².